The zero-order valence-corrected chi connectivity index (χ0v) is 21.5. The summed E-state index contributed by atoms with van der Waals surface area (Å²) in [5.74, 6) is 0. The second-order valence-electron chi connectivity index (χ2n) is 11.2. The standard InChI is InChI=1S/C27H24Cl2N4O2/c1-26(2)5-7-32-8-6-27(3,4)20-21(32)15(26)10-13-9-14-23-30-18-11-16(28)17(29)12-19(18)33(23)25(34)31-24(14)35-22(13)20/h9-12H,5-8H2,1-4H3. The Balaban J connectivity index is 1.66. The van der Waals surface area contributed by atoms with Crippen molar-refractivity contribution in [2.45, 2.75) is 51.4 Å². The molecule has 178 valence electrons. The molecule has 0 fully saturated rings. The van der Waals surface area contributed by atoms with Crippen LogP contribution >= 0.6 is 23.2 Å². The summed E-state index contributed by atoms with van der Waals surface area (Å²) in [5.41, 5.74) is 6.16. The van der Waals surface area contributed by atoms with Crippen LogP contribution in [0, 0.1) is 0 Å². The zero-order valence-electron chi connectivity index (χ0n) is 20.0. The predicted octanol–water partition coefficient (Wildman–Crippen LogP) is 6.62. The second-order valence-corrected chi connectivity index (χ2v) is 12.0. The topological polar surface area (TPSA) is 63.6 Å². The molecule has 7 rings (SSSR count). The van der Waals surface area contributed by atoms with Crippen molar-refractivity contribution in [3.8, 4) is 0 Å². The number of fused-ring (bicyclic) bond motifs is 7. The van der Waals surface area contributed by atoms with Gasteiger partial charge in [0.2, 0.25) is 5.71 Å². The fourth-order valence-corrected chi connectivity index (χ4v) is 6.30. The van der Waals surface area contributed by atoms with Gasteiger partial charge in [0, 0.05) is 29.7 Å². The molecule has 2 aliphatic rings. The van der Waals surface area contributed by atoms with Crippen LogP contribution in [-0.2, 0) is 10.8 Å². The van der Waals surface area contributed by atoms with Gasteiger partial charge in [0.15, 0.2) is 5.65 Å². The monoisotopic (exact) mass is 506 g/mol. The molecule has 0 N–H and O–H groups in total. The maximum atomic E-state index is 13.1. The first-order valence-corrected chi connectivity index (χ1v) is 12.7. The highest BCUT2D eigenvalue weighted by molar-refractivity contribution is 6.42. The van der Waals surface area contributed by atoms with Gasteiger partial charge >= 0.3 is 5.69 Å². The molecule has 0 bridgehead atoms. The SMILES string of the molecule is CC1(C)CCN2CCC(C)(C)c3c2c1cc1cc2c(nc(=O)n4c5cc(Cl)c(Cl)cc5nc24)oc31. The maximum absolute atomic E-state index is 13.1. The van der Waals surface area contributed by atoms with Crippen molar-refractivity contribution in [3.63, 3.8) is 0 Å². The predicted molar refractivity (Wildman–Crippen MR) is 142 cm³/mol. The molecule has 0 saturated carbocycles. The average molecular weight is 507 g/mol. The highest BCUT2D eigenvalue weighted by Crippen LogP contribution is 2.52. The molecule has 35 heavy (non-hydrogen) atoms. The van der Waals surface area contributed by atoms with Crippen molar-refractivity contribution < 1.29 is 4.42 Å². The number of benzene rings is 2. The minimum atomic E-state index is -0.454. The summed E-state index contributed by atoms with van der Waals surface area (Å²) in [6, 6.07) is 7.67. The first-order valence-electron chi connectivity index (χ1n) is 11.9. The molecule has 0 radical (unpaired) electrons. The first-order chi connectivity index (χ1) is 16.5. The number of imidazole rings is 1. The fourth-order valence-electron chi connectivity index (χ4n) is 5.99. The van der Waals surface area contributed by atoms with Gasteiger partial charge in [-0.25, -0.2) is 14.2 Å². The lowest BCUT2D eigenvalue weighted by atomic mass is 9.69. The highest BCUT2D eigenvalue weighted by Gasteiger charge is 2.42. The summed E-state index contributed by atoms with van der Waals surface area (Å²) >= 11 is 12.5. The normalized spacial score (nSPS) is 18.6. The number of aromatic nitrogens is 3. The Morgan fingerprint density at radius 2 is 1.66 bits per heavy atom. The molecule has 0 amide bonds. The van der Waals surface area contributed by atoms with Crippen molar-refractivity contribution in [1.82, 2.24) is 14.4 Å². The third-order valence-corrected chi connectivity index (χ3v) is 8.79. The molecular weight excluding hydrogens is 483 g/mol. The number of hydrogen-bond donors (Lipinski definition) is 0. The summed E-state index contributed by atoms with van der Waals surface area (Å²) in [4.78, 5) is 24.7. The molecule has 8 heteroatoms. The molecule has 0 saturated heterocycles. The van der Waals surface area contributed by atoms with Crippen molar-refractivity contribution in [1.29, 1.82) is 0 Å². The third-order valence-electron chi connectivity index (χ3n) is 8.07. The van der Waals surface area contributed by atoms with Gasteiger partial charge in [0.05, 0.1) is 26.5 Å². The average Bonchev–Trinajstić information content (AvgIpc) is 3.15. The summed E-state index contributed by atoms with van der Waals surface area (Å²) in [6.45, 7) is 11.3. The molecule has 0 aliphatic carbocycles. The minimum Gasteiger partial charge on any atom is -0.437 e. The Morgan fingerprint density at radius 1 is 0.943 bits per heavy atom. The van der Waals surface area contributed by atoms with E-state index in [-0.39, 0.29) is 10.8 Å². The van der Waals surface area contributed by atoms with E-state index in [1.807, 2.05) is 0 Å². The van der Waals surface area contributed by atoms with Crippen LogP contribution in [0.1, 0.15) is 51.7 Å². The van der Waals surface area contributed by atoms with Crippen LogP contribution < -0.4 is 10.6 Å². The van der Waals surface area contributed by atoms with E-state index < -0.39 is 5.69 Å². The lowest BCUT2D eigenvalue weighted by Crippen LogP contribution is -2.44. The summed E-state index contributed by atoms with van der Waals surface area (Å²) in [5, 5.41) is 2.44. The van der Waals surface area contributed by atoms with Crippen LogP contribution in [0.3, 0.4) is 0 Å². The van der Waals surface area contributed by atoms with E-state index in [1.54, 1.807) is 12.1 Å². The Morgan fingerprint density at radius 3 is 2.43 bits per heavy atom. The van der Waals surface area contributed by atoms with E-state index in [0.29, 0.717) is 37.8 Å². The fraction of sp³-hybridized carbons (Fsp3) is 0.370. The van der Waals surface area contributed by atoms with E-state index >= 15 is 0 Å². The maximum Gasteiger partial charge on any atom is 0.357 e. The Bertz CT molecular complexity index is 1810. The lowest BCUT2D eigenvalue weighted by molar-refractivity contribution is 0.400. The molecular formula is C27H24Cl2N4O2. The van der Waals surface area contributed by atoms with Gasteiger partial charge < -0.3 is 9.32 Å². The van der Waals surface area contributed by atoms with Crippen molar-refractivity contribution in [2.24, 2.45) is 0 Å². The third kappa shape index (κ3) is 2.81. The molecule has 6 nitrogen and oxygen atoms in total. The van der Waals surface area contributed by atoms with Crippen molar-refractivity contribution in [3.05, 3.63) is 55.9 Å². The molecule has 0 spiro atoms. The summed E-state index contributed by atoms with van der Waals surface area (Å²) < 4.78 is 7.99. The lowest BCUT2D eigenvalue weighted by Gasteiger charge is -2.48. The van der Waals surface area contributed by atoms with Crippen molar-refractivity contribution >= 4 is 67.6 Å². The quantitative estimate of drug-likeness (QED) is 0.221. The van der Waals surface area contributed by atoms with E-state index in [2.05, 4.69) is 49.7 Å². The van der Waals surface area contributed by atoms with Gasteiger partial charge in [0.1, 0.15) is 5.58 Å². The molecule has 5 heterocycles. The van der Waals surface area contributed by atoms with Crippen LogP contribution in [0.2, 0.25) is 10.0 Å². The van der Waals surface area contributed by atoms with Gasteiger partial charge in [-0.15, -0.1) is 0 Å². The smallest absolute Gasteiger partial charge is 0.357 e. The zero-order chi connectivity index (χ0) is 24.4. The molecule has 5 aromatic rings. The van der Waals surface area contributed by atoms with E-state index in [1.165, 1.54) is 21.2 Å². The molecule has 0 atom stereocenters. The van der Waals surface area contributed by atoms with Gasteiger partial charge in [-0.3, -0.25) is 0 Å². The van der Waals surface area contributed by atoms with Gasteiger partial charge in [-0.2, -0.15) is 4.98 Å². The van der Waals surface area contributed by atoms with Gasteiger partial charge in [-0.1, -0.05) is 50.9 Å². The van der Waals surface area contributed by atoms with Crippen LogP contribution in [0.4, 0.5) is 5.69 Å². The van der Waals surface area contributed by atoms with Gasteiger partial charge in [0.25, 0.3) is 0 Å². The minimum absolute atomic E-state index is 0.0546. The summed E-state index contributed by atoms with van der Waals surface area (Å²) in [7, 11) is 0. The van der Waals surface area contributed by atoms with E-state index in [9.17, 15) is 4.79 Å². The highest BCUT2D eigenvalue weighted by atomic mass is 35.5. The number of rotatable bonds is 0. The first kappa shape index (κ1) is 21.5. The summed E-state index contributed by atoms with van der Waals surface area (Å²) in [6.07, 6.45) is 2.15. The molecule has 2 aliphatic heterocycles. The van der Waals surface area contributed by atoms with Crippen LogP contribution in [0.25, 0.3) is 38.7 Å². The Hall–Kier alpha value is -2.83. The Kier molecular flexibility index (Phi) is 4.09. The number of anilines is 1. The van der Waals surface area contributed by atoms with Crippen LogP contribution in [0.15, 0.2) is 33.5 Å². The van der Waals surface area contributed by atoms with Crippen LogP contribution in [-0.4, -0.2) is 27.5 Å². The number of nitrogens with zero attached hydrogens (tertiary/aromatic N) is 4. The van der Waals surface area contributed by atoms with Gasteiger partial charge in [-0.05, 0) is 53.5 Å². The molecule has 0 unspecified atom stereocenters. The second kappa shape index (κ2) is 6.68. The molecule has 2 aromatic carbocycles. The number of halogens is 2. The number of hydrogen-bond acceptors (Lipinski definition) is 5. The Labute approximate surface area is 211 Å². The van der Waals surface area contributed by atoms with Crippen LogP contribution in [0.5, 0.6) is 0 Å². The largest absolute Gasteiger partial charge is 0.437 e. The molecule has 3 aromatic heterocycles. The van der Waals surface area contributed by atoms with E-state index in [0.717, 1.165) is 36.9 Å². The van der Waals surface area contributed by atoms with E-state index in [4.69, 9.17) is 32.6 Å². The van der Waals surface area contributed by atoms with Crippen molar-refractivity contribution in [2.75, 3.05) is 18.0 Å².